The van der Waals surface area contributed by atoms with Gasteiger partial charge >= 0.3 is 0 Å². The van der Waals surface area contributed by atoms with E-state index in [0.717, 1.165) is 11.3 Å². The van der Waals surface area contributed by atoms with E-state index >= 15 is 0 Å². The monoisotopic (exact) mass is 432 g/mol. The highest BCUT2D eigenvalue weighted by Gasteiger charge is 2.07. The number of anilines is 8. The molecule has 3 heterocycles. The molecule has 0 radical (unpaired) electrons. The second-order valence-electron chi connectivity index (χ2n) is 6.52. The van der Waals surface area contributed by atoms with Crippen LogP contribution in [0.1, 0.15) is 5.56 Å². The minimum Gasteiger partial charge on any atom is -0.368 e. The average molecular weight is 432 g/mol. The van der Waals surface area contributed by atoms with Gasteiger partial charge in [0, 0.05) is 18.9 Å². The summed E-state index contributed by atoms with van der Waals surface area (Å²) in [5.74, 6) is 2.09. The standard InChI is InChI=1S/C18H20N14/c1-32-11(6-7-12(32)25-18-30-15(21)27-16(22)31-18)23-8-9-2-4-10(5-3-9)24-17-28-13(19)26-14(20)29-17/h2-8H,1H3,(H5,19,20,24,26,28,29)(H5,21,22,25,27,30,31)/b23-8+. The molecule has 162 valence electrons. The van der Waals surface area contributed by atoms with E-state index in [2.05, 4.69) is 45.5 Å². The lowest BCUT2D eigenvalue weighted by Gasteiger charge is -2.07. The molecule has 0 saturated carbocycles. The lowest BCUT2D eigenvalue weighted by Crippen LogP contribution is -2.07. The Balaban J connectivity index is 1.44. The smallest absolute Gasteiger partial charge is 0.234 e. The van der Waals surface area contributed by atoms with Crippen molar-refractivity contribution in [1.29, 1.82) is 0 Å². The number of aromatic nitrogens is 7. The molecule has 14 heteroatoms. The maximum atomic E-state index is 5.60. The van der Waals surface area contributed by atoms with Crippen molar-refractivity contribution in [3.05, 3.63) is 42.0 Å². The zero-order valence-corrected chi connectivity index (χ0v) is 16.9. The number of aliphatic imine (C=N–C) groups is 1. The Bertz CT molecular complexity index is 1240. The third-order valence-electron chi connectivity index (χ3n) is 4.19. The van der Waals surface area contributed by atoms with Gasteiger partial charge in [-0.05, 0) is 29.8 Å². The van der Waals surface area contributed by atoms with Gasteiger partial charge in [0.05, 0.1) is 0 Å². The van der Waals surface area contributed by atoms with Gasteiger partial charge in [0.25, 0.3) is 0 Å². The summed E-state index contributed by atoms with van der Waals surface area (Å²) in [5.41, 5.74) is 24.0. The van der Waals surface area contributed by atoms with Crippen molar-refractivity contribution in [3.63, 3.8) is 0 Å². The van der Waals surface area contributed by atoms with E-state index < -0.39 is 0 Å². The Hall–Kier alpha value is -5.01. The van der Waals surface area contributed by atoms with E-state index in [-0.39, 0.29) is 35.7 Å². The number of nitrogens with zero attached hydrogens (tertiary/aromatic N) is 8. The highest BCUT2D eigenvalue weighted by Crippen LogP contribution is 2.23. The molecule has 4 aromatic rings. The molecule has 0 amide bonds. The number of hydrogen-bond acceptors (Lipinski definition) is 13. The molecule has 32 heavy (non-hydrogen) atoms. The van der Waals surface area contributed by atoms with E-state index in [1.54, 1.807) is 6.21 Å². The van der Waals surface area contributed by atoms with Crippen molar-refractivity contribution in [2.45, 2.75) is 0 Å². The SMILES string of the molecule is Cn1c(/N=C/c2ccc(Nc3nc(N)nc(N)n3)cc2)ccc1Nc1nc(N)nc(N)n1. The zero-order chi connectivity index (χ0) is 22.7. The van der Waals surface area contributed by atoms with Gasteiger partial charge in [0.2, 0.25) is 35.7 Å². The van der Waals surface area contributed by atoms with Gasteiger partial charge < -0.3 is 38.1 Å². The predicted octanol–water partition coefficient (Wildman–Crippen LogP) is 0.962. The van der Waals surface area contributed by atoms with E-state index in [0.29, 0.717) is 11.6 Å². The molecule has 0 aliphatic heterocycles. The minimum absolute atomic E-state index is 0.0350. The van der Waals surface area contributed by atoms with Crippen molar-refractivity contribution in [2.24, 2.45) is 12.0 Å². The van der Waals surface area contributed by atoms with Crippen LogP contribution >= 0.6 is 0 Å². The molecule has 4 rings (SSSR count). The summed E-state index contributed by atoms with van der Waals surface area (Å²) in [5, 5.41) is 6.05. The molecule has 0 spiro atoms. The van der Waals surface area contributed by atoms with Crippen LogP contribution in [0.3, 0.4) is 0 Å². The van der Waals surface area contributed by atoms with Crippen molar-refractivity contribution in [2.75, 3.05) is 33.6 Å². The van der Waals surface area contributed by atoms with Crippen molar-refractivity contribution >= 4 is 59.2 Å². The van der Waals surface area contributed by atoms with E-state index in [1.165, 1.54) is 0 Å². The molecule has 3 aromatic heterocycles. The van der Waals surface area contributed by atoms with Gasteiger partial charge in [-0.15, -0.1) is 0 Å². The third-order valence-corrected chi connectivity index (χ3v) is 4.19. The van der Waals surface area contributed by atoms with Crippen LogP contribution in [0.5, 0.6) is 0 Å². The summed E-state index contributed by atoms with van der Waals surface area (Å²) in [6, 6.07) is 11.2. The van der Waals surface area contributed by atoms with Crippen LogP contribution in [0.4, 0.5) is 53.0 Å². The van der Waals surface area contributed by atoms with Crippen LogP contribution in [-0.2, 0) is 7.05 Å². The average Bonchev–Trinajstić information content (AvgIpc) is 3.05. The Morgan fingerprint density at radius 3 is 1.81 bits per heavy atom. The van der Waals surface area contributed by atoms with Gasteiger partial charge in [-0.1, -0.05) is 12.1 Å². The van der Waals surface area contributed by atoms with Crippen molar-refractivity contribution in [3.8, 4) is 0 Å². The van der Waals surface area contributed by atoms with Crippen molar-refractivity contribution < 1.29 is 0 Å². The van der Waals surface area contributed by atoms with Gasteiger partial charge in [-0.25, -0.2) is 4.99 Å². The van der Waals surface area contributed by atoms with Crippen LogP contribution in [0.25, 0.3) is 0 Å². The van der Waals surface area contributed by atoms with Crippen LogP contribution < -0.4 is 33.6 Å². The summed E-state index contributed by atoms with van der Waals surface area (Å²) in [6.45, 7) is 0. The number of nitrogen functional groups attached to an aromatic ring is 4. The van der Waals surface area contributed by atoms with Crippen LogP contribution in [0.15, 0.2) is 41.4 Å². The Morgan fingerprint density at radius 1 is 0.719 bits per heavy atom. The van der Waals surface area contributed by atoms with Gasteiger partial charge in [0.15, 0.2) is 0 Å². The fraction of sp³-hybridized carbons (Fsp3) is 0.0556. The first kappa shape index (κ1) is 20.3. The fourth-order valence-corrected chi connectivity index (χ4v) is 2.72. The topological polar surface area (TPSA) is 223 Å². The summed E-state index contributed by atoms with van der Waals surface area (Å²) < 4.78 is 1.83. The fourth-order valence-electron chi connectivity index (χ4n) is 2.72. The number of nitrogens with two attached hydrogens (primary N) is 4. The lowest BCUT2D eigenvalue weighted by molar-refractivity contribution is 0.928. The summed E-state index contributed by atoms with van der Waals surface area (Å²) in [7, 11) is 1.85. The molecule has 14 nitrogen and oxygen atoms in total. The highest BCUT2D eigenvalue weighted by atomic mass is 15.3. The molecule has 0 saturated heterocycles. The molecule has 0 aliphatic rings. The molecule has 10 N–H and O–H groups in total. The molecule has 0 atom stereocenters. The number of benzene rings is 1. The molecular formula is C18H20N14. The van der Waals surface area contributed by atoms with Crippen LogP contribution in [0, 0.1) is 0 Å². The first-order chi connectivity index (χ1) is 15.4. The Labute approximate surface area is 181 Å². The molecule has 0 fully saturated rings. The van der Waals surface area contributed by atoms with E-state index in [4.69, 9.17) is 22.9 Å². The Morgan fingerprint density at radius 2 is 1.25 bits per heavy atom. The van der Waals surface area contributed by atoms with E-state index in [9.17, 15) is 0 Å². The summed E-state index contributed by atoms with van der Waals surface area (Å²) >= 11 is 0. The first-order valence-electron chi connectivity index (χ1n) is 9.23. The maximum absolute atomic E-state index is 5.60. The van der Waals surface area contributed by atoms with Gasteiger partial charge in [-0.3, -0.25) is 0 Å². The van der Waals surface area contributed by atoms with E-state index in [1.807, 2.05) is 48.0 Å². The number of nitrogens with one attached hydrogen (secondary N) is 2. The second kappa shape index (κ2) is 8.39. The quantitative estimate of drug-likeness (QED) is 0.234. The zero-order valence-electron chi connectivity index (χ0n) is 16.9. The number of hydrogen-bond donors (Lipinski definition) is 6. The lowest BCUT2D eigenvalue weighted by atomic mass is 10.2. The maximum Gasteiger partial charge on any atom is 0.234 e. The minimum atomic E-state index is 0.0350. The summed E-state index contributed by atoms with van der Waals surface area (Å²) in [6.07, 6.45) is 1.74. The van der Waals surface area contributed by atoms with Gasteiger partial charge in [0.1, 0.15) is 11.6 Å². The second-order valence-corrected chi connectivity index (χ2v) is 6.52. The highest BCUT2D eigenvalue weighted by molar-refractivity contribution is 5.82. The Kier molecular flexibility index (Phi) is 5.31. The van der Waals surface area contributed by atoms with Gasteiger partial charge in [-0.2, -0.15) is 29.9 Å². The first-order valence-corrected chi connectivity index (χ1v) is 9.23. The molecular weight excluding hydrogens is 412 g/mol. The summed E-state index contributed by atoms with van der Waals surface area (Å²) in [4.78, 5) is 28.0. The number of rotatable bonds is 6. The van der Waals surface area contributed by atoms with Crippen LogP contribution in [0.2, 0.25) is 0 Å². The molecule has 0 unspecified atom stereocenters. The molecule has 0 bridgehead atoms. The van der Waals surface area contributed by atoms with Crippen molar-refractivity contribution in [1.82, 2.24) is 34.5 Å². The molecule has 0 aliphatic carbocycles. The molecule has 1 aromatic carbocycles. The normalized spacial score (nSPS) is 11.0. The predicted molar refractivity (Wildman–Crippen MR) is 123 cm³/mol. The largest absolute Gasteiger partial charge is 0.368 e. The van der Waals surface area contributed by atoms with Crippen LogP contribution in [-0.4, -0.2) is 40.7 Å². The third kappa shape index (κ3) is 4.76.